The minimum absolute atomic E-state index is 0.291. The van der Waals surface area contributed by atoms with Crippen LogP contribution in [-0.4, -0.2) is 31.2 Å². The molecule has 4 rings (SSSR count). The van der Waals surface area contributed by atoms with Gasteiger partial charge in [0.2, 0.25) is 0 Å². The fourth-order valence-electron chi connectivity index (χ4n) is 3.54. The van der Waals surface area contributed by atoms with Crippen molar-refractivity contribution in [3.8, 4) is 16.9 Å². The molecule has 2 heterocycles. The first kappa shape index (κ1) is 18.0. The topological polar surface area (TPSA) is 60.5 Å². The van der Waals surface area contributed by atoms with Crippen LogP contribution in [0.2, 0.25) is 0 Å². The molecule has 3 aromatic rings. The Morgan fingerprint density at radius 1 is 1.18 bits per heavy atom. The van der Waals surface area contributed by atoms with E-state index < -0.39 is 0 Å². The van der Waals surface area contributed by atoms with E-state index in [4.69, 9.17) is 9.47 Å². The molecule has 1 N–H and O–H groups in total. The SMILES string of the molecule is COC(=O)c1ccncc1NC[C@H]1CCOc2cc(-c3ccccc3)ccc21. The highest BCUT2D eigenvalue weighted by Gasteiger charge is 2.22. The molecule has 0 aliphatic carbocycles. The molecule has 1 aromatic heterocycles. The molecule has 0 unspecified atom stereocenters. The molecule has 0 saturated heterocycles. The molecular weight excluding hydrogens is 352 g/mol. The second-order valence-electron chi connectivity index (χ2n) is 6.75. The summed E-state index contributed by atoms with van der Waals surface area (Å²) in [7, 11) is 1.38. The van der Waals surface area contributed by atoms with Gasteiger partial charge in [0.25, 0.3) is 0 Å². The van der Waals surface area contributed by atoms with Crippen molar-refractivity contribution in [3.05, 3.63) is 78.1 Å². The van der Waals surface area contributed by atoms with Gasteiger partial charge in [-0.25, -0.2) is 4.79 Å². The fraction of sp³-hybridized carbons (Fsp3) is 0.217. The Labute approximate surface area is 164 Å². The number of anilines is 1. The van der Waals surface area contributed by atoms with Crippen molar-refractivity contribution >= 4 is 11.7 Å². The van der Waals surface area contributed by atoms with Gasteiger partial charge in [-0.15, -0.1) is 0 Å². The van der Waals surface area contributed by atoms with Crippen LogP contribution in [0.1, 0.15) is 28.3 Å². The molecule has 0 amide bonds. The summed E-state index contributed by atoms with van der Waals surface area (Å²) in [5.41, 5.74) is 4.68. The zero-order valence-corrected chi connectivity index (χ0v) is 15.7. The molecule has 0 radical (unpaired) electrons. The quantitative estimate of drug-likeness (QED) is 0.666. The fourth-order valence-corrected chi connectivity index (χ4v) is 3.54. The number of fused-ring (bicyclic) bond motifs is 1. The van der Waals surface area contributed by atoms with Gasteiger partial charge in [0.05, 0.1) is 31.2 Å². The van der Waals surface area contributed by atoms with Crippen LogP contribution < -0.4 is 10.1 Å². The summed E-state index contributed by atoms with van der Waals surface area (Å²) in [6, 6.07) is 18.3. The number of benzene rings is 2. The number of nitrogens with zero attached hydrogens (tertiary/aromatic N) is 1. The monoisotopic (exact) mass is 374 g/mol. The van der Waals surface area contributed by atoms with Gasteiger partial charge < -0.3 is 14.8 Å². The van der Waals surface area contributed by atoms with Crippen LogP contribution in [0.4, 0.5) is 5.69 Å². The summed E-state index contributed by atoms with van der Waals surface area (Å²) in [6.45, 7) is 1.37. The van der Waals surface area contributed by atoms with E-state index in [1.165, 1.54) is 18.2 Å². The summed E-state index contributed by atoms with van der Waals surface area (Å²) >= 11 is 0. The van der Waals surface area contributed by atoms with Crippen LogP contribution in [0.3, 0.4) is 0 Å². The van der Waals surface area contributed by atoms with Gasteiger partial charge in [0.15, 0.2) is 0 Å². The first-order valence-corrected chi connectivity index (χ1v) is 9.34. The van der Waals surface area contributed by atoms with Gasteiger partial charge in [0.1, 0.15) is 5.75 Å². The maximum atomic E-state index is 11.9. The van der Waals surface area contributed by atoms with Gasteiger partial charge >= 0.3 is 5.97 Å². The maximum absolute atomic E-state index is 11.9. The van der Waals surface area contributed by atoms with E-state index in [9.17, 15) is 4.79 Å². The number of aromatic nitrogens is 1. The van der Waals surface area contributed by atoms with Crippen LogP contribution >= 0.6 is 0 Å². The van der Waals surface area contributed by atoms with E-state index in [-0.39, 0.29) is 5.97 Å². The zero-order valence-electron chi connectivity index (χ0n) is 15.7. The minimum Gasteiger partial charge on any atom is -0.493 e. The molecule has 142 valence electrons. The summed E-state index contributed by atoms with van der Waals surface area (Å²) in [6.07, 6.45) is 4.16. The Kier molecular flexibility index (Phi) is 5.24. The first-order chi connectivity index (χ1) is 13.8. The Bertz CT molecular complexity index is 973. The number of pyridine rings is 1. The third kappa shape index (κ3) is 3.69. The van der Waals surface area contributed by atoms with Crippen molar-refractivity contribution in [1.29, 1.82) is 0 Å². The van der Waals surface area contributed by atoms with Gasteiger partial charge in [0, 0.05) is 18.7 Å². The van der Waals surface area contributed by atoms with E-state index in [2.05, 4.69) is 40.6 Å². The lowest BCUT2D eigenvalue weighted by atomic mass is 9.91. The smallest absolute Gasteiger partial charge is 0.340 e. The van der Waals surface area contributed by atoms with E-state index in [0.29, 0.717) is 30.3 Å². The summed E-state index contributed by atoms with van der Waals surface area (Å²) in [4.78, 5) is 16.1. The largest absolute Gasteiger partial charge is 0.493 e. The highest BCUT2D eigenvalue weighted by atomic mass is 16.5. The molecule has 1 aliphatic heterocycles. The summed E-state index contributed by atoms with van der Waals surface area (Å²) in [5.74, 6) is 0.850. The number of esters is 1. The van der Waals surface area contributed by atoms with Crippen molar-refractivity contribution in [2.24, 2.45) is 0 Å². The average Bonchev–Trinajstić information content (AvgIpc) is 2.77. The number of nitrogens with one attached hydrogen (secondary N) is 1. The van der Waals surface area contributed by atoms with Crippen molar-refractivity contribution in [1.82, 2.24) is 4.98 Å². The Balaban J connectivity index is 1.54. The lowest BCUT2D eigenvalue weighted by Crippen LogP contribution is -2.21. The van der Waals surface area contributed by atoms with Crippen molar-refractivity contribution in [2.75, 3.05) is 25.6 Å². The third-order valence-electron chi connectivity index (χ3n) is 5.05. The van der Waals surface area contributed by atoms with E-state index in [1.807, 2.05) is 18.2 Å². The molecule has 5 heteroatoms. The number of ether oxygens (including phenoxy) is 2. The molecule has 0 spiro atoms. The summed E-state index contributed by atoms with van der Waals surface area (Å²) in [5, 5.41) is 3.37. The highest BCUT2D eigenvalue weighted by molar-refractivity contribution is 5.95. The van der Waals surface area contributed by atoms with Gasteiger partial charge in [-0.1, -0.05) is 42.5 Å². The lowest BCUT2D eigenvalue weighted by Gasteiger charge is -2.27. The molecule has 0 bridgehead atoms. The number of hydrogen-bond acceptors (Lipinski definition) is 5. The molecular formula is C23H22N2O3. The van der Waals surface area contributed by atoms with Gasteiger partial charge in [-0.05, 0) is 35.2 Å². The normalized spacial score (nSPS) is 15.2. The average molecular weight is 374 g/mol. The predicted octanol–water partition coefficient (Wildman–Crippen LogP) is 4.51. The molecule has 0 fully saturated rings. The summed E-state index contributed by atoms with van der Waals surface area (Å²) < 4.78 is 10.8. The molecule has 0 saturated carbocycles. The van der Waals surface area contributed by atoms with Crippen LogP contribution in [0.25, 0.3) is 11.1 Å². The van der Waals surface area contributed by atoms with Crippen LogP contribution in [-0.2, 0) is 4.74 Å². The molecule has 1 aliphatic rings. The highest BCUT2D eigenvalue weighted by Crippen LogP contribution is 2.37. The zero-order chi connectivity index (χ0) is 19.3. The van der Waals surface area contributed by atoms with Gasteiger partial charge in [-0.3, -0.25) is 4.98 Å². The van der Waals surface area contributed by atoms with Gasteiger partial charge in [-0.2, -0.15) is 0 Å². The molecule has 28 heavy (non-hydrogen) atoms. The van der Waals surface area contributed by atoms with Crippen molar-refractivity contribution < 1.29 is 14.3 Å². The van der Waals surface area contributed by atoms with Crippen molar-refractivity contribution in [3.63, 3.8) is 0 Å². The van der Waals surface area contributed by atoms with E-state index in [0.717, 1.165) is 17.7 Å². The van der Waals surface area contributed by atoms with E-state index >= 15 is 0 Å². The van der Waals surface area contributed by atoms with Crippen LogP contribution in [0, 0.1) is 0 Å². The number of hydrogen-bond donors (Lipinski definition) is 1. The molecule has 1 atom stereocenters. The minimum atomic E-state index is -0.371. The van der Waals surface area contributed by atoms with Crippen LogP contribution in [0.5, 0.6) is 5.75 Å². The number of carbonyl (C=O) groups is 1. The Hall–Kier alpha value is -3.34. The number of rotatable bonds is 5. The lowest BCUT2D eigenvalue weighted by molar-refractivity contribution is 0.0601. The predicted molar refractivity (Wildman–Crippen MR) is 109 cm³/mol. The number of methoxy groups -OCH3 is 1. The second-order valence-corrected chi connectivity index (χ2v) is 6.75. The van der Waals surface area contributed by atoms with E-state index in [1.54, 1.807) is 18.5 Å². The first-order valence-electron chi connectivity index (χ1n) is 9.34. The second kappa shape index (κ2) is 8.13. The standard InChI is InChI=1S/C23H22N2O3/c1-27-23(26)20-9-11-24-15-21(20)25-14-18-10-12-28-22-13-17(7-8-19(18)22)16-5-3-2-4-6-16/h2-9,11,13,15,18,25H,10,12,14H2,1H3/t18-/m1/s1. The van der Waals surface area contributed by atoms with Crippen LogP contribution in [0.15, 0.2) is 67.0 Å². The molecule has 5 nitrogen and oxygen atoms in total. The Morgan fingerprint density at radius 3 is 2.86 bits per heavy atom. The van der Waals surface area contributed by atoms with Crippen molar-refractivity contribution in [2.45, 2.75) is 12.3 Å². The molecule has 2 aromatic carbocycles. The third-order valence-corrected chi connectivity index (χ3v) is 5.05. The Morgan fingerprint density at radius 2 is 2.04 bits per heavy atom. The maximum Gasteiger partial charge on any atom is 0.340 e. The number of carbonyl (C=O) groups excluding carboxylic acids is 1.